The average molecular weight is 274 g/mol. The van der Waals surface area contributed by atoms with Crippen molar-refractivity contribution < 1.29 is 9.84 Å². The van der Waals surface area contributed by atoms with Crippen molar-refractivity contribution in [3.8, 4) is 11.4 Å². The molecule has 1 aromatic carbocycles. The van der Waals surface area contributed by atoms with E-state index in [1.807, 2.05) is 35.1 Å². The summed E-state index contributed by atoms with van der Waals surface area (Å²) in [6.45, 7) is 6.88. The zero-order valence-corrected chi connectivity index (χ0v) is 12.3. The van der Waals surface area contributed by atoms with Crippen LogP contribution in [0.2, 0.25) is 0 Å². The molecule has 0 bridgehead atoms. The average Bonchev–Trinajstić information content (AvgIpc) is 2.96. The molecule has 4 nitrogen and oxygen atoms in total. The molecule has 0 saturated carbocycles. The third-order valence-electron chi connectivity index (χ3n) is 3.61. The molecule has 0 amide bonds. The van der Waals surface area contributed by atoms with Gasteiger partial charge in [0.2, 0.25) is 0 Å². The first-order valence-electron chi connectivity index (χ1n) is 6.97. The van der Waals surface area contributed by atoms with Gasteiger partial charge >= 0.3 is 0 Å². The SMILES string of the molecule is CCC(C)(C)c1ccn(-c2cccc(OCCO)c2)n1. The molecule has 1 aromatic heterocycles. The molecule has 1 N–H and O–H groups in total. The highest BCUT2D eigenvalue weighted by atomic mass is 16.5. The number of hydrogen-bond acceptors (Lipinski definition) is 3. The van der Waals surface area contributed by atoms with Gasteiger partial charge in [0.05, 0.1) is 18.0 Å². The largest absolute Gasteiger partial charge is 0.491 e. The molecule has 4 heteroatoms. The van der Waals surface area contributed by atoms with E-state index in [9.17, 15) is 0 Å². The Labute approximate surface area is 120 Å². The van der Waals surface area contributed by atoms with E-state index in [1.165, 1.54) is 0 Å². The molecule has 0 unspecified atom stereocenters. The molecule has 0 fully saturated rings. The Morgan fingerprint density at radius 1 is 1.30 bits per heavy atom. The summed E-state index contributed by atoms with van der Waals surface area (Å²) >= 11 is 0. The summed E-state index contributed by atoms with van der Waals surface area (Å²) in [5.41, 5.74) is 2.12. The predicted molar refractivity (Wildman–Crippen MR) is 79.5 cm³/mol. The molecule has 2 rings (SSSR count). The van der Waals surface area contributed by atoms with Crippen LogP contribution in [-0.2, 0) is 5.41 Å². The number of aliphatic hydroxyl groups is 1. The van der Waals surface area contributed by atoms with E-state index in [2.05, 4.69) is 31.9 Å². The quantitative estimate of drug-likeness (QED) is 0.881. The van der Waals surface area contributed by atoms with E-state index in [0.29, 0.717) is 6.61 Å². The van der Waals surface area contributed by atoms with Crippen molar-refractivity contribution in [3.05, 3.63) is 42.2 Å². The second kappa shape index (κ2) is 6.09. The summed E-state index contributed by atoms with van der Waals surface area (Å²) in [7, 11) is 0. The molecule has 0 atom stereocenters. The van der Waals surface area contributed by atoms with Crippen molar-refractivity contribution in [1.29, 1.82) is 0 Å². The normalized spacial score (nSPS) is 11.6. The second-order valence-corrected chi connectivity index (χ2v) is 5.45. The molecule has 1 heterocycles. The van der Waals surface area contributed by atoms with Gasteiger partial charge in [-0.3, -0.25) is 0 Å². The Bertz CT molecular complexity index is 561. The Balaban J connectivity index is 2.24. The zero-order chi connectivity index (χ0) is 14.6. The lowest BCUT2D eigenvalue weighted by Gasteiger charge is -2.19. The number of nitrogens with zero attached hydrogens (tertiary/aromatic N) is 2. The molecular weight excluding hydrogens is 252 g/mol. The molecular formula is C16H22N2O2. The number of aromatic nitrogens is 2. The Morgan fingerprint density at radius 2 is 2.10 bits per heavy atom. The van der Waals surface area contributed by atoms with Gasteiger partial charge in [-0.05, 0) is 24.6 Å². The van der Waals surface area contributed by atoms with E-state index in [0.717, 1.165) is 23.6 Å². The van der Waals surface area contributed by atoms with Crippen molar-refractivity contribution >= 4 is 0 Å². The fraction of sp³-hybridized carbons (Fsp3) is 0.438. The van der Waals surface area contributed by atoms with Gasteiger partial charge in [0, 0.05) is 17.7 Å². The maximum absolute atomic E-state index is 8.79. The molecule has 0 spiro atoms. The van der Waals surface area contributed by atoms with Gasteiger partial charge in [0.15, 0.2) is 0 Å². The van der Waals surface area contributed by atoms with Crippen molar-refractivity contribution in [3.63, 3.8) is 0 Å². The van der Waals surface area contributed by atoms with Crippen LogP contribution in [0.1, 0.15) is 32.9 Å². The summed E-state index contributed by atoms with van der Waals surface area (Å²) in [6, 6.07) is 9.77. The summed E-state index contributed by atoms with van der Waals surface area (Å²) < 4.78 is 7.28. The van der Waals surface area contributed by atoms with Gasteiger partial charge < -0.3 is 9.84 Å². The van der Waals surface area contributed by atoms with Crippen LogP contribution < -0.4 is 4.74 Å². The summed E-state index contributed by atoms with van der Waals surface area (Å²) in [5.74, 6) is 0.739. The highest BCUT2D eigenvalue weighted by Crippen LogP contribution is 2.26. The third-order valence-corrected chi connectivity index (χ3v) is 3.61. The maximum Gasteiger partial charge on any atom is 0.121 e. The lowest BCUT2D eigenvalue weighted by atomic mass is 9.87. The Kier molecular flexibility index (Phi) is 4.45. The van der Waals surface area contributed by atoms with Crippen molar-refractivity contribution in [1.82, 2.24) is 9.78 Å². The minimum atomic E-state index is 0.0147. The monoisotopic (exact) mass is 274 g/mol. The van der Waals surface area contributed by atoms with Crippen molar-refractivity contribution in [2.75, 3.05) is 13.2 Å². The zero-order valence-electron chi connectivity index (χ0n) is 12.3. The first kappa shape index (κ1) is 14.6. The fourth-order valence-electron chi connectivity index (χ4n) is 1.89. The lowest BCUT2D eigenvalue weighted by molar-refractivity contribution is 0.201. The molecule has 0 radical (unpaired) electrons. The van der Waals surface area contributed by atoms with Crippen LogP contribution in [0.3, 0.4) is 0 Å². The second-order valence-electron chi connectivity index (χ2n) is 5.45. The summed E-state index contributed by atoms with van der Waals surface area (Å²) in [5, 5.41) is 13.4. The highest BCUT2D eigenvalue weighted by molar-refractivity contribution is 5.39. The first-order chi connectivity index (χ1) is 9.56. The van der Waals surface area contributed by atoms with Gasteiger partial charge in [-0.2, -0.15) is 5.10 Å². The Hall–Kier alpha value is -1.81. The Morgan fingerprint density at radius 3 is 2.80 bits per heavy atom. The van der Waals surface area contributed by atoms with Gasteiger partial charge in [-0.25, -0.2) is 4.68 Å². The molecule has 108 valence electrons. The van der Waals surface area contributed by atoms with Crippen LogP contribution in [0.25, 0.3) is 5.69 Å². The van der Waals surface area contributed by atoms with Gasteiger partial charge in [-0.1, -0.05) is 26.8 Å². The smallest absolute Gasteiger partial charge is 0.121 e. The van der Waals surface area contributed by atoms with E-state index < -0.39 is 0 Å². The van der Waals surface area contributed by atoms with E-state index in [-0.39, 0.29) is 12.0 Å². The van der Waals surface area contributed by atoms with Gasteiger partial charge in [0.25, 0.3) is 0 Å². The minimum Gasteiger partial charge on any atom is -0.491 e. The van der Waals surface area contributed by atoms with Crippen molar-refractivity contribution in [2.24, 2.45) is 0 Å². The van der Waals surface area contributed by atoms with Crippen LogP contribution in [0.15, 0.2) is 36.5 Å². The molecule has 20 heavy (non-hydrogen) atoms. The molecule has 2 aromatic rings. The number of aliphatic hydroxyl groups excluding tert-OH is 1. The van der Waals surface area contributed by atoms with Crippen LogP contribution in [0, 0.1) is 0 Å². The minimum absolute atomic E-state index is 0.0147. The predicted octanol–water partition coefficient (Wildman–Crippen LogP) is 2.93. The number of ether oxygens (including phenoxy) is 1. The van der Waals surface area contributed by atoms with E-state index in [4.69, 9.17) is 9.84 Å². The van der Waals surface area contributed by atoms with Crippen molar-refractivity contribution in [2.45, 2.75) is 32.6 Å². The maximum atomic E-state index is 8.79. The molecule has 0 saturated heterocycles. The van der Waals surface area contributed by atoms with Crippen LogP contribution in [0.5, 0.6) is 5.75 Å². The van der Waals surface area contributed by atoms with Gasteiger partial charge in [-0.15, -0.1) is 0 Å². The van der Waals surface area contributed by atoms with E-state index in [1.54, 1.807) is 0 Å². The highest BCUT2D eigenvalue weighted by Gasteiger charge is 2.21. The number of benzene rings is 1. The van der Waals surface area contributed by atoms with Gasteiger partial charge in [0.1, 0.15) is 12.4 Å². The summed E-state index contributed by atoms with van der Waals surface area (Å²) in [4.78, 5) is 0. The first-order valence-corrected chi connectivity index (χ1v) is 6.97. The summed E-state index contributed by atoms with van der Waals surface area (Å²) in [6.07, 6.45) is 3.02. The fourth-order valence-corrected chi connectivity index (χ4v) is 1.89. The lowest BCUT2D eigenvalue weighted by Crippen LogP contribution is -2.16. The third kappa shape index (κ3) is 3.20. The topological polar surface area (TPSA) is 47.3 Å². The molecule has 0 aliphatic heterocycles. The number of hydrogen-bond donors (Lipinski definition) is 1. The molecule has 0 aliphatic rings. The van der Waals surface area contributed by atoms with Crippen LogP contribution in [0.4, 0.5) is 0 Å². The van der Waals surface area contributed by atoms with E-state index >= 15 is 0 Å². The standard InChI is InChI=1S/C16H22N2O2/c1-4-16(2,3)15-8-9-18(17-15)13-6-5-7-14(12-13)20-11-10-19/h5-9,12,19H,4,10-11H2,1-3H3. The van der Waals surface area contributed by atoms with Crippen LogP contribution >= 0.6 is 0 Å². The number of rotatable bonds is 6. The van der Waals surface area contributed by atoms with Crippen LogP contribution in [-0.4, -0.2) is 28.1 Å². The molecule has 0 aliphatic carbocycles.